The van der Waals surface area contributed by atoms with E-state index < -0.39 is 5.97 Å². The molecule has 1 aliphatic heterocycles. The first-order chi connectivity index (χ1) is 9.65. The Morgan fingerprint density at radius 2 is 2.15 bits per heavy atom. The lowest BCUT2D eigenvalue weighted by atomic mass is 10.0. The summed E-state index contributed by atoms with van der Waals surface area (Å²) in [6.45, 7) is 0.732. The molecule has 0 spiro atoms. The van der Waals surface area contributed by atoms with Crippen LogP contribution in [0.2, 0.25) is 0 Å². The Bertz CT molecular complexity index is 504. The minimum Gasteiger partial charge on any atom is -0.478 e. The average Bonchev–Trinajstić information content (AvgIpc) is 2.92. The van der Waals surface area contributed by atoms with Gasteiger partial charge in [-0.1, -0.05) is 0 Å². The summed E-state index contributed by atoms with van der Waals surface area (Å²) in [6.07, 6.45) is 4.91. The van der Waals surface area contributed by atoms with Crippen molar-refractivity contribution < 1.29 is 14.7 Å². The van der Waals surface area contributed by atoms with E-state index in [1.54, 1.807) is 11.4 Å². The third kappa shape index (κ3) is 4.68. The molecule has 1 saturated heterocycles. The molecule has 108 valence electrons. The van der Waals surface area contributed by atoms with Gasteiger partial charge in [0, 0.05) is 22.9 Å². The molecule has 1 fully saturated rings. The second-order valence-electron chi connectivity index (χ2n) is 4.68. The van der Waals surface area contributed by atoms with Crippen LogP contribution in [0.5, 0.6) is 0 Å². The first-order valence-corrected chi connectivity index (χ1v) is 8.54. The van der Waals surface area contributed by atoms with E-state index in [1.807, 2.05) is 11.8 Å². The van der Waals surface area contributed by atoms with E-state index in [0.29, 0.717) is 11.5 Å². The van der Waals surface area contributed by atoms with Crippen LogP contribution >= 0.6 is 23.1 Å². The van der Waals surface area contributed by atoms with Crippen molar-refractivity contribution in [2.75, 3.05) is 18.1 Å². The summed E-state index contributed by atoms with van der Waals surface area (Å²) < 4.78 is 0. The van der Waals surface area contributed by atoms with Gasteiger partial charge in [-0.3, -0.25) is 4.79 Å². The zero-order valence-electron chi connectivity index (χ0n) is 11.0. The van der Waals surface area contributed by atoms with Gasteiger partial charge in [-0.15, -0.1) is 11.3 Å². The van der Waals surface area contributed by atoms with Crippen molar-refractivity contribution in [3.05, 3.63) is 28.0 Å². The van der Waals surface area contributed by atoms with Crippen LogP contribution in [0.4, 0.5) is 0 Å². The van der Waals surface area contributed by atoms with Gasteiger partial charge in [0.25, 0.3) is 5.91 Å². The second kappa shape index (κ2) is 7.50. The normalized spacial score (nSPS) is 16.4. The highest BCUT2D eigenvalue weighted by Crippen LogP contribution is 2.22. The number of carboxylic acid groups (broad SMARTS) is 1. The van der Waals surface area contributed by atoms with E-state index in [2.05, 4.69) is 5.32 Å². The summed E-state index contributed by atoms with van der Waals surface area (Å²) >= 11 is 3.34. The number of hydrogen-bond donors (Lipinski definition) is 2. The maximum atomic E-state index is 12.0. The lowest BCUT2D eigenvalue weighted by Crippen LogP contribution is -2.30. The monoisotopic (exact) mass is 311 g/mol. The smallest absolute Gasteiger partial charge is 0.328 e. The number of aliphatic carboxylic acids is 1. The molecule has 20 heavy (non-hydrogen) atoms. The van der Waals surface area contributed by atoms with Crippen molar-refractivity contribution in [2.24, 2.45) is 5.92 Å². The molecule has 1 aromatic heterocycles. The molecule has 1 amide bonds. The fraction of sp³-hybridized carbons (Fsp3) is 0.429. The highest BCUT2D eigenvalue weighted by Gasteiger charge is 2.15. The van der Waals surface area contributed by atoms with Gasteiger partial charge in [0.2, 0.25) is 0 Å². The molecule has 0 atom stereocenters. The Labute approximate surface area is 126 Å². The molecule has 0 aliphatic carbocycles. The van der Waals surface area contributed by atoms with E-state index in [-0.39, 0.29) is 5.91 Å². The predicted octanol–water partition coefficient (Wildman–Crippen LogP) is 2.72. The number of thiophene rings is 1. The molecular weight excluding hydrogens is 294 g/mol. The van der Waals surface area contributed by atoms with Gasteiger partial charge in [-0.2, -0.15) is 11.8 Å². The highest BCUT2D eigenvalue weighted by atomic mass is 32.2. The van der Waals surface area contributed by atoms with Gasteiger partial charge in [0.1, 0.15) is 0 Å². The Hall–Kier alpha value is -1.27. The number of carboxylic acids is 1. The van der Waals surface area contributed by atoms with E-state index in [4.69, 9.17) is 5.11 Å². The third-order valence-electron chi connectivity index (χ3n) is 3.16. The number of carbonyl (C=O) groups is 2. The number of thioether (sulfide) groups is 1. The van der Waals surface area contributed by atoms with Crippen LogP contribution in [0.15, 0.2) is 17.5 Å². The molecule has 6 heteroatoms. The number of carbonyl (C=O) groups excluding carboxylic acids is 1. The van der Waals surface area contributed by atoms with E-state index in [1.165, 1.54) is 41.8 Å². The van der Waals surface area contributed by atoms with Gasteiger partial charge in [0.05, 0.1) is 5.56 Å². The zero-order valence-corrected chi connectivity index (χ0v) is 12.6. The number of rotatable bonds is 5. The van der Waals surface area contributed by atoms with E-state index in [0.717, 1.165) is 17.5 Å². The highest BCUT2D eigenvalue weighted by molar-refractivity contribution is 7.99. The molecule has 2 rings (SSSR count). The summed E-state index contributed by atoms with van der Waals surface area (Å²) in [4.78, 5) is 23.2. The molecule has 2 heterocycles. The maximum Gasteiger partial charge on any atom is 0.328 e. The number of amides is 1. The zero-order chi connectivity index (χ0) is 14.4. The van der Waals surface area contributed by atoms with Crippen LogP contribution in [0, 0.1) is 5.92 Å². The second-order valence-corrected chi connectivity index (χ2v) is 6.84. The van der Waals surface area contributed by atoms with Crippen molar-refractivity contribution in [3.63, 3.8) is 0 Å². The first-order valence-electron chi connectivity index (χ1n) is 6.50. The Balaban J connectivity index is 1.84. The van der Waals surface area contributed by atoms with Crippen LogP contribution in [-0.4, -0.2) is 35.0 Å². The van der Waals surface area contributed by atoms with Gasteiger partial charge in [-0.05, 0) is 42.4 Å². The van der Waals surface area contributed by atoms with Crippen molar-refractivity contribution >= 4 is 41.1 Å². The topological polar surface area (TPSA) is 66.4 Å². The van der Waals surface area contributed by atoms with Crippen LogP contribution < -0.4 is 5.32 Å². The molecule has 4 nitrogen and oxygen atoms in total. The van der Waals surface area contributed by atoms with Crippen molar-refractivity contribution in [2.45, 2.75) is 12.8 Å². The molecular formula is C14H17NO3S2. The Kier molecular flexibility index (Phi) is 5.67. The summed E-state index contributed by atoms with van der Waals surface area (Å²) in [5, 5.41) is 13.3. The van der Waals surface area contributed by atoms with Crippen LogP contribution in [0.25, 0.3) is 6.08 Å². The van der Waals surface area contributed by atoms with E-state index >= 15 is 0 Å². The minimum atomic E-state index is -0.987. The summed E-state index contributed by atoms with van der Waals surface area (Å²) in [6, 6.07) is 1.72. The quantitative estimate of drug-likeness (QED) is 0.821. The fourth-order valence-corrected chi connectivity index (χ4v) is 3.99. The van der Waals surface area contributed by atoms with Crippen LogP contribution in [0.1, 0.15) is 28.1 Å². The van der Waals surface area contributed by atoms with Crippen LogP contribution in [0.3, 0.4) is 0 Å². The van der Waals surface area contributed by atoms with Crippen molar-refractivity contribution in [1.82, 2.24) is 5.32 Å². The summed E-state index contributed by atoms with van der Waals surface area (Å²) in [7, 11) is 0. The van der Waals surface area contributed by atoms with Crippen LogP contribution in [-0.2, 0) is 4.79 Å². The number of hydrogen-bond acceptors (Lipinski definition) is 4. The number of nitrogens with one attached hydrogen (secondary N) is 1. The summed E-state index contributed by atoms with van der Waals surface area (Å²) in [5.74, 6) is 1.89. The maximum absolute atomic E-state index is 12.0. The fourth-order valence-electron chi connectivity index (χ4n) is 2.00. The molecule has 0 bridgehead atoms. The Morgan fingerprint density at radius 3 is 2.85 bits per heavy atom. The molecule has 0 saturated carbocycles. The lowest BCUT2D eigenvalue weighted by Gasteiger charge is -2.21. The molecule has 0 radical (unpaired) electrons. The molecule has 1 aliphatic rings. The first kappa shape index (κ1) is 15.1. The predicted molar refractivity (Wildman–Crippen MR) is 83.4 cm³/mol. The molecule has 0 unspecified atom stereocenters. The largest absolute Gasteiger partial charge is 0.478 e. The van der Waals surface area contributed by atoms with Gasteiger partial charge >= 0.3 is 5.97 Å². The standard InChI is InChI=1S/C14H17NO3S2/c16-13(17)2-1-12-7-11(9-20-12)14(18)15-8-10-3-5-19-6-4-10/h1-2,7,9-10H,3-6,8H2,(H,15,18)(H,16,17)/b2-1+. The van der Waals surface area contributed by atoms with E-state index in [9.17, 15) is 9.59 Å². The van der Waals surface area contributed by atoms with Crippen molar-refractivity contribution in [1.29, 1.82) is 0 Å². The summed E-state index contributed by atoms with van der Waals surface area (Å²) in [5.41, 5.74) is 0.602. The minimum absolute atomic E-state index is 0.0746. The molecule has 1 aromatic rings. The van der Waals surface area contributed by atoms with Gasteiger partial charge in [-0.25, -0.2) is 4.79 Å². The Morgan fingerprint density at radius 1 is 1.40 bits per heavy atom. The average molecular weight is 311 g/mol. The van der Waals surface area contributed by atoms with Gasteiger partial charge < -0.3 is 10.4 Å². The van der Waals surface area contributed by atoms with Gasteiger partial charge in [0.15, 0.2) is 0 Å². The third-order valence-corrected chi connectivity index (χ3v) is 5.11. The lowest BCUT2D eigenvalue weighted by molar-refractivity contribution is -0.131. The van der Waals surface area contributed by atoms with Crippen molar-refractivity contribution in [3.8, 4) is 0 Å². The molecule has 2 N–H and O–H groups in total. The SMILES string of the molecule is O=C(O)/C=C/c1cc(C(=O)NCC2CCSCC2)cs1. The molecule has 0 aromatic carbocycles.